The molecule has 0 unspecified atom stereocenters. The zero-order valence-corrected chi connectivity index (χ0v) is 12.9. The average Bonchev–Trinajstić information content (AvgIpc) is 2.79. The Hall–Kier alpha value is -1.96. The lowest BCUT2D eigenvalue weighted by Gasteiger charge is -2.13. The molecular weight excluding hydrogens is 278 g/mol. The summed E-state index contributed by atoms with van der Waals surface area (Å²) in [5.74, 6) is 0.422. The van der Waals surface area contributed by atoms with E-state index >= 15 is 0 Å². The number of nitrogens with zero attached hydrogens (tertiary/aromatic N) is 4. The molecule has 0 aliphatic heterocycles. The molecule has 0 radical (unpaired) electrons. The van der Waals surface area contributed by atoms with Gasteiger partial charge < -0.3 is 5.32 Å². The highest BCUT2D eigenvalue weighted by atomic mass is 32.1. The van der Waals surface area contributed by atoms with E-state index in [2.05, 4.69) is 15.4 Å². The Morgan fingerprint density at radius 1 is 1.35 bits per heavy atom. The van der Waals surface area contributed by atoms with Crippen molar-refractivity contribution in [1.29, 1.82) is 0 Å². The van der Waals surface area contributed by atoms with E-state index in [4.69, 9.17) is 0 Å². The molecule has 2 heterocycles. The highest BCUT2D eigenvalue weighted by molar-refractivity contribution is 7.11. The summed E-state index contributed by atoms with van der Waals surface area (Å²) in [5, 5.41) is 19.4. The van der Waals surface area contributed by atoms with Crippen LogP contribution in [-0.2, 0) is 7.05 Å². The Morgan fingerprint density at radius 3 is 2.50 bits per heavy atom. The standard InChI is InChI=1S/C12H17N5O2S/c1-6-10(17(18)19)12(16(5)15-6)14-8(3)11-7(2)13-9(4)20-11/h8,14H,1-5H3/t8-/m1/s1. The quantitative estimate of drug-likeness (QED) is 0.692. The van der Waals surface area contributed by atoms with E-state index in [9.17, 15) is 10.1 Å². The van der Waals surface area contributed by atoms with Gasteiger partial charge in [-0.3, -0.25) is 10.1 Å². The second kappa shape index (κ2) is 5.20. The average molecular weight is 295 g/mol. The fourth-order valence-corrected chi connectivity index (χ4v) is 3.18. The van der Waals surface area contributed by atoms with Crippen molar-refractivity contribution in [2.75, 3.05) is 5.32 Å². The van der Waals surface area contributed by atoms with Crippen LogP contribution in [0, 0.1) is 30.9 Å². The number of anilines is 1. The lowest BCUT2D eigenvalue weighted by Crippen LogP contribution is -2.11. The molecule has 0 aliphatic rings. The number of rotatable bonds is 4. The summed E-state index contributed by atoms with van der Waals surface area (Å²) in [7, 11) is 1.69. The first-order valence-corrected chi connectivity index (χ1v) is 7.01. The fourth-order valence-electron chi connectivity index (χ4n) is 2.25. The minimum atomic E-state index is -0.401. The second-order valence-electron chi connectivity index (χ2n) is 4.71. The first-order chi connectivity index (χ1) is 9.31. The van der Waals surface area contributed by atoms with Crippen molar-refractivity contribution in [2.45, 2.75) is 33.7 Å². The molecule has 2 rings (SSSR count). The predicted octanol–water partition coefficient (Wildman–Crippen LogP) is 2.88. The van der Waals surface area contributed by atoms with Crippen LogP contribution in [0.4, 0.5) is 11.5 Å². The zero-order chi connectivity index (χ0) is 15.0. The van der Waals surface area contributed by atoms with E-state index < -0.39 is 4.92 Å². The minimum Gasteiger partial charge on any atom is -0.357 e. The summed E-state index contributed by atoms with van der Waals surface area (Å²) < 4.78 is 1.51. The van der Waals surface area contributed by atoms with Gasteiger partial charge in [0, 0.05) is 11.9 Å². The van der Waals surface area contributed by atoms with E-state index in [-0.39, 0.29) is 11.7 Å². The molecule has 1 atom stereocenters. The third-order valence-corrected chi connectivity index (χ3v) is 4.31. The number of hydrogen-bond donors (Lipinski definition) is 1. The predicted molar refractivity (Wildman–Crippen MR) is 78.2 cm³/mol. The Kier molecular flexibility index (Phi) is 3.76. The molecule has 7 nitrogen and oxygen atoms in total. The van der Waals surface area contributed by atoms with Gasteiger partial charge in [0.15, 0.2) is 0 Å². The highest BCUT2D eigenvalue weighted by Gasteiger charge is 2.26. The van der Waals surface area contributed by atoms with Gasteiger partial charge >= 0.3 is 5.69 Å². The van der Waals surface area contributed by atoms with Crippen LogP contribution in [0.15, 0.2) is 0 Å². The van der Waals surface area contributed by atoms with Gasteiger partial charge in [0.1, 0.15) is 5.69 Å². The first-order valence-electron chi connectivity index (χ1n) is 6.19. The zero-order valence-electron chi connectivity index (χ0n) is 12.1. The third-order valence-electron chi connectivity index (χ3n) is 3.06. The molecule has 0 fully saturated rings. The Labute approximate surface area is 120 Å². The monoisotopic (exact) mass is 295 g/mol. The van der Waals surface area contributed by atoms with Gasteiger partial charge in [0.25, 0.3) is 0 Å². The lowest BCUT2D eigenvalue weighted by molar-refractivity contribution is -0.384. The Balaban J connectivity index is 2.35. The van der Waals surface area contributed by atoms with Gasteiger partial charge in [-0.25, -0.2) is 9.67 Å². The van der Waals surface area contributed by atoms with E-state index in [0.717, 1.165) is 15.6 Å². The molecule has 0 aliphatic carbocycles. The summed E-state index contributed by atoms with van der Waals surface area (Å²) in [6.07, 6.45) is 0. The maximum absolute atomic E-state index is 11.1. The normalized spacial score (nSPS) is 12.4. The van der Waals surface area contributed by atoms with Crippen molar-refractivity contribution >= 4 is 22.8 Å². The molecule has 0 bridgehead atoms. The molecule has 2 aromatic rings. The van der Waals surface area contributed by atoms with Crippen LogP contribution in [0.1, 0.15) is 34.2 Å². The third kappa shape index (κ3) is 2.51. The largest absolute Gasteiger partial charge is 0.357 e. The molecule has 0 spiro atoms. The van der Waals surface area contributed by atoms with Crippen LogP contribution >= 0.6 is 11.3 Å². The summed E-state index contributed by atoms with van der Waals surface area (Å²) in [6, 6.07) is -0.0605. The molecule has 8 heteroatoms. The smallest absolute Gasteiger partial charge is 0.333 e. The molecule has 20 heavy (non-hydrogen) atoms. The van der Waals surface area contributed by atoms with Gasteiger partial charge in [0.2, 0.25) is 5.82 Å². The van der Waals surface area contributed by atoms with Crippen LogP contribution in [0.2, 0.25) is 0 Å². The molecule has 1 N–H and O–H groups in total. The van der Waals surface area contributed by atoms with Crippen molar-refractivity contribution in [3.63, 3.8) is 0 Å². The first kappa shape index (κ1) is 14.4. The van der Waals surface area contributed by atoms with Gasteiger partial charge in [0.05, 0.1) is 21.7 Å². The van der Waals surface area contributed by atoms with Crippen LogP contribution in [0.25, 0.3) is 0 Å². The fraction of sp³-hybridized carbons (Fsp3) is 0.500. The molecular formula is C12H17N5O2S. The summed E-state index contributed by atoms with van der Waals surface area (Å²) in [4.78, 5) is 16.2. The van der Waals surface area contributed by atoms with Gasteiger partial charge in [-0.05, 0) is 27.7 Å². The van der Waals surface area contributed by atoms with Crippen LogP contribution in [-0.4, -0.2) is 19.7 Å². The van der Waals surface area contributed by atoms with Crippen LogP contribution < -0.4 is 5.32 Å². The summed E-state index contributed by atoms with van der Waals surface area (Å²) in [5.41, 5.74) is 1.39. The summed E-state index contributed by atoms with van der Waals surface area (Å²) in [6.45, 7) is 7.49. The number of nitro groups is 1. The minimum absolute atomic E-state index is 0.0261. The van der Waals surface area contributed by atoms with Crippen molar-refractivity contribution < 1.29 is 4.92 Å². The molecule has 0 saturated carbocycles. The van der Waals surface area contributed by atoms with Gasteiger partial charge in [-0.2, -0.15) is 5.10 Å². The lowest BCUT2D eigenvalue weighted by atomic mass is 10.2. The van der Waals surface area contributed by atoms with Crippen LogP contribution in [0.5, 0.6) is 0 Å². The number of aryl methyl sites for hydroxylation is 4. The highest BCUT2D eigenvalue weighted by Crippen LogP contribution is 2.33. The topological polar surface area (TPSA) is 85.9 Å². The SMILES string of the molecule is Cc1nc(C)c([C@@H](C)Nc2c([N+](=O)[O-])c(C)nn2C)s1. The van der Waals surface area contributed by atoms with Gasteiger partial charge in [-0.1, -0.05) is 0 Å². The van der Waals surface area contributed by atoms with E-state index in [0.29, 0.717) is 11.5 Å². The van der Waals surface area contributed by atoms with E-state index in [1.807, 2.05) is 20.8 Å². The number of nitrogens with one attached hydrogen (secondary N) is 1. The van der Waals surface area contributed by atoms with E-state index in [1.54, 1.807) is 25.3 Å². The maximum Gasteiger partial charge on any atom is 0.333 e. The van der Waals surface area contributed by atoms with Gasteiger partial charge in [-0.15, -0.1) is 11.3 Å². The van der Waals surface area contributed by atoms with Crippen molar-refractivity contribution in [2.24, 2.45) is 7.05 Å². The number of thiazole rings is 1. The Morgan fingerprint density at radius 2 is 2.00 bits per heavy atom. The van der Waals surface area contributed by atoms with E-state index in [1.165, 1.54) is 4.68 Å². The van der Waals surface area contributed by atoms with Crippen molar-refractivity contribution in [1.82, 2.24) is 14.8 Å². The molecule has 0 saturated heterocycles. The van der Waals surface area contributed by atoms with Crippen molar-refractivity contribution in [3.8, 4) is 0 Å². The maximum atomic E-state index is 11.1. The number of hydrogen-bond acceptors (Lipinski definition) is 6. The summed E-state index contributed by atoms with van der Waals surface area (Å²) >= 11 is 1.60. The number of aromatic nitrogens is 3. The molecule has 108 valence electrons. The second-order valence-corrected chi connectivity index (χ2v) is 5.95. The molecule has 0 amide bonds. The van der Waals surface area contributed by atoms with Crippen LogP contribution in [0.3, 0.4) is 0 Å². The Bertz CT molecular complexity index is 661. The van der Waals surface area contributed by atoms with Crippen molar-refractivity contribution in [3.05, 3.63) is 31.4 Å². The molecule has 0 aromatic carbocycles. The molecule has 2 aromatic heterocycles.